The quantitative estimate of drug-likeness (QED) is 0.589. The molecule has 0 aliphatic carbocycles. The fraction of sp³-hybridized carbons (Fsp3) is 0. The van der Waals surface area contributed by atoms with Crippen LogP contribution in [-0.4, -0.2) is 60.5 Å². The normalized spacial score (nSPS) is 9.00. The van der Waals surface area contributed by atoms with Gasteiger partial charge >= 0.3 is 45.2 Å². The van der Waals surface area contributed by atoms with Crippen molar-refractivity contribution in [3.8, 4) is 0 Å². The molecule has 3 N–H and O–H groups in total. The summed E-state index contributed by atoms with van der Waals surface area (Å²) in [6.45, 7) is 0. The predicted molar refractivity (Wildman–Crippen MR) is 55.9 cm³/mol. The van der Waals surface area contributed by atoms with Gasteiger partial charge in [0.2, 0.25) is 0 Å². The van der Waals surface area contributed by atoms with Crippen LogP contribution in [0.25, 0.3) is 0 Å². The maximum absolute atomic E-state index is 10.6. The Labute approximate surface area is 110 Å². The number of aromatic carboxylic acids is 3. The van der Waals surface area contributed by atoms with E-state index in [4.69, 9.17) is 15.3 Å². The zero-order chi connectivity index (χ0) is 11.6. The van der Waals surface area contributed by atoms with Crippen LogP contribution >= 0.6 is 0 Å². The number of hydrogen-bond donors (Lipinski definition) is 3. The molecule has 0 spiro atoms. The Kier molecular flexibility index (Phi) is 5.08. The zero-order valence-electron chi connectivity index (χ0n) is 8.01. The van der Waals surface area contributed by atoms with Gasteiger partial charge in [-0.25, -0.2) is 14.4 Å². The third kappa shape index (κ3) is 3.29. The summed E-state index contributed by atoms with van der Waals surface area (Å²) in [6.07, 6.45) is 0. The molecule has 1 rings (SSSR count). The van der Waals surface area contributed by atoms with E-state index in [1.807, 2.05) is 0 Å². The predicted octanol–water partition coefficient (Wildman–Crippen LogP) is -0.135. The Balaban J connectivity index is 0.00000225. The standard InChI is InChI=1S/C9H6O6.Pb.2H/c10-7(11)4-1-5(8(12)13)3-6(2-4)9(14)15;;;/h1-3H,(H,10,11)(H,12,13)(H,14,15);;;. The zero-order valence-corrected chi connectivity index (χ0v) is 13.5. The first-order valence-electron chi connectivity index (χ1n) is 3.77. The van der Waals surface area contributed by atoms with E-state index in [1.165, 1.54) is 0 Å². The third-order valence-corrected chi connectivity index (χ3v) is 1.67. The average Bonchev–Trinajstić information content (AvgIpc) is 2.16. The number of rotatable bonds is 3. The molecule has 0 saturated heterocycles. The van der Waals surface area contributed by atoms with Crippen molar-refractivity contribution in [3.05, 3.63) is 34.9 Å². The molecular formula is C9H8O6Pb. The Morgan fingerprint density at radius 3 is 1.00 bits per heavy atom. The van der Waals surface area contributed by atoms with Crippen LogP contribution in [0.2, 0.25) is 0 Å². The van der Waals surface area contributed by atoms with Gasteiger partial charge in [-0.2, -0.15) is 0 Å². The molecule has 1 aromatic carbocycles. The molecule has 0 bridgehead atoms. The van der Waals surface area contributed by atoms with E-state index in [9.17, 15) is 14.4 Å². The van der Waals surface area contributed by atoms with E-state index < -0.39 is 17.9 Å². The summed E-state index contributed by atoms with van der Waals surface area (Å²) >= 11 is 0. The Hall–Kier alpha value is -1.45. The first-order chi connectivity index (χ1) is 6.91. The summed E-state index contributed by atoms with van der Waals surface area (Å²) in [5.74, 6) is -4.12. The second-order valence-electron chi connectivity index (χ2n) is 2.71. The van der Waals surface area contributed by atoms with Crippen LogP contribution in [0.1, 0.15) is 31.1 Å². The van der Waals surface area contributed by atoms with Crippen LogP contribution in [-0.2, 0) is 0 Å². The van der Waals surface area contributed by atoms with Crippen LogP contribution < -0.4 is 0 Å². The van der Waals surface area contributed by atoms with Crippen molar-refractivity contribution in [2.45, 2.75) is 0 Å². The summed E-state index contributed by atoms with van der Waals surface area (Å²) in [5.41, 5.74) is -1.10. The fourth-order valence-electron chi connectivity index (χ4n) is 0.998. The molecule has 0 heterocycles. The summed E-state index contributed by atoms with van der Waals surface area (Å²) in [6, 6.07) is 2.70. The van der Waals surface area contributed by atoms with E-state index >= 15 is 0 Å². The molecule has 0 unspecified atom stereocenters. The summed E-state index contributed by atoms with van der Waals surface area (Å²) < 4.78 is 0. The minimum absolute atomic E-state index is 0. The van der Waals surface area contributed by atoms with E-state index in [0.29, 0.717) is 0 Å². The monoisotopic (exact) mass is 420 g/mol. The molecule has 0 aliphatic rings. The summed E-state index contributed by atoms with van der Waals surface area (Å²) in [7, 11) is 0. The first kappa shape index (κ1) is 14.6. The Morgan fingerprint density at radius 2 is 0.875 bits per heavy atom. The van der Waals surface area contributed by atoms with Crippen molar-refractivity contribution >= 4 is 45.2 Å². The molecule has 0 saturated carbocycles. The molecular weight excluding hydrogens is 411 g/mol. The van der Waals surface area contributed by atoms with Gasteiger partial charge in [0, 0.05) is 0 Å². The number of carboxylic acid groups (broad SMARTS) is 3. The van der Waals surface area contributed by atoms with E-state index in [2.05, 4.69) is 0 Å². The average molecular weight is 419 g/mol. The van der Waals surface area contributed by atoms with Gasteiger partial charge in [-0.15, -0.1) is 0 Å². The van der Waals surface area contributed by atoms with Crippen LogP contribution in [0.15, 0.2) is 18.2 Å². The van der Waals surface area contributed by atoms with Gasteiger partial charge in [0.15, 0.2) is 0 Å². The molecule has 0 amide bonds. The van der Waals surface area contributed by atoms with Crippen LogP contribution in [0.4, 0.5) is 0 Å². The number of carboxylic acids is 3. The maximum atomic E-state index is 10.6. The molecule has 7 heteroatoms. The van der Waals surface area contributed by atoms with Crippen LogP contribution in [0, 0.1) is 0 Å². The fourth-order valence-corrected chi connectivity index (χ4v) is 0.998. The van der Waals surface area contributed by atoms with Gasteiger partial charge in [-0.1, -0.05) is 0 Å². The number of carbonyl (C=O) groups is 3. The molecule has 84 valence electrons. The van der Waals surface area contributed by atoms with E-state index in [-0.39, 0.29) is 44.0 Å². The van der Waals surface area contributed by atoms with Gasteiger partial charge in [-0.05, 0) is 18.2 Å². The van der Waals surface area contributed by atoms with Crippen molar-refractivity contribution in [1.82, 2.24) is 0 Å². The van der Waals surface area contributed by atoms with Gasteiger partial charge in [0.1, 0.15) is 0 Å². The van der Waals surface area contributed by atoms with Gasteiger partial charge in [0.25, 0.3) is 0 Å². The van der Waals surface area contributed by atoms with Crippen LogP contribution in [0.5, 0.6) is 0 Å². The van der Waals surface area contributed by atoms with Crippen molar-refractivity contribution in [1.29, 1.82) is 0 Å². The first-order valence-corrected chi connectivity index (χ1v) is 3.77. The van der Waals surface area contributed by atoms with Crippen molar-refractivity contribution in [3.63, 3.8) is 0 Å². The second-order valence-corrected chi connectivity index (χ2v) is 2.71. The molecule has 2 radical (unpaired) electrons. The second kappa shape index (κ2) is 5.59. The Morgan fingerprint density at radius 1 is 0.688 bits per heavy atom. The van der Waals surface area contributed by atoms with E-state index in [1.54, 1.807) is 0 Å². The molecule has 0 aromatic heterocycles. The minimum atomic E-state index is -1.37. The van der Waals surface area contributed by atoms with E-state index in [0.717, 1.165) is 18.2 Å². The molecule has 6 nitrogen and oxygen atoms in total. The topological polar surface area (TPSA) is 112 Å². The van der Waals surface area contributed by atoms with Gasteiger partial charge < -0.3 is 15.3 Å². The molecule has 1 aromatic rings. The van der Waals surface area contributed by atoms with Gasteiger partial charge in [0.05, 0.1) is 16.7 Å². The van der Waals surface area contributed by atoms with Crippen molar-refractivity contribution in [2.75, 3.05) is 0 Å². The summed E-state index contributed by atoms with van der Waals surface area (Å²) in [5, 5.41) is 25.8. The van der Waals surface area contributed by atoms with Crippen molar-refractivity contribution < 1.29 is 29.7 Å². The number of hydrogen-bond acceptors (Lipinski definition) is 3. The number of benzene rings is 1. The Bertz CT molecular complexity index is 374. The third-order valence-electron chi connectivity index (χ3n) is 1.67. The van der Waals surface area contributed by atoms with Crippen molar-refractivity contribution in [2.24, 2.45) is 0 Å². The summed E-state index contributed by atoms with van der Waals surface area (Å²) in [4.78, 5) is 31.7. The van der Waals surface area contributed by atoms with Gasteiger partial charge in [-0.3, -0.25) is 0 Å². The molecule has 0 aliphatic heterocycles. The molecule has 0 fully saturated rings. The molecule has 16 heavy (non-hydrogen) atoms. The van der Waals surface area contributed by atoms with Crippen LogP contribution in [0.3, 0.4) is 0 Å². The SMILES string of the molecule is O=C(O)c1cc(C(=O)O)cc(C(=O)O)c1.[PbH2]. The molecule has 0 atom stereocenters.